The molecule has 0 saturated carbocycles. The van der Waals surface area contributed by atoms with Crippen LogP contribution >= 0.6 is 0 Å². The summed E-state index contributed by atoms with van der Waals surface area (Å²) in [5, 5.41) is 37.1. The highest BCUT2D eigenvalue weighted by molar-refractivity contribution is 4.64. The van der Waals surface area contributed by atoms with Gasteiger partial charge in [0.2, 0.25) is 0 Å². The second-order valence-corrected chi connectivity index (χ2v) is 6.06. The van der Waals surface area contributed by atoms with Crippen molar-refractivity contribution in [3.63, 3.8) is 0 Å². The first-order chi connectivity index (χ1) is 10.0. The van der Waals surface area contributed by atoms with Gasteiger partial charge in [-0.1, -0.05) is 13.8 Å². The lowest BCUT2D eigenvalue weighted by Crippen LogP contribution is -2.20. The molecule has 0 aliphatic rings. The summed E-state index contributed by atoms with van der Waals surface area (Å²) in [6, 6.07) is 0. The minimum absolute atomic E-state index is 0.0262. The van der Waals surface area contributed by atoms with Crippen molar-refractivity contribution in [2.24, 2.45) is 11.8 Å². The van der Waals surface area contributed by atoms with Gasteiger partial charge in [0, 0.05) is 38.3 Å². The van der Waals surface area contributed by atoms with Crippen molar-refractivity contribution in [3.8, 4) is 0 Å². The van der Waals surface area contributed by atoms with E-state index in [0.717, 1.165) is 25.7 Å². The van der Waals surface area contributed by atoms with Crippen LogP contribution in [0.15, 0.2) is 0 Å². The quantitative estimate of drug-likeness (QED) is 0.363. The van der Waals surface area contributed by atoms with Gasteiger partial charge in [-0.2, -0.15) is 0 Å². The van der Waals surface area contributed by atoms with Gasteiger partial charge in [-0.05, 0) is 38.5 Å². The van der Waals surface area contributed by atoms with Gasteiger partial charge in [-0.25, -0.2) is 0 Å². The van der Waals surface area contributed by atoms with E-state index >= 15 is 0 Å². The van der Waals surface area contributed by atoms with Crippen molar-refractivity contribution in [2.45, 2.75) is 64.6 Å². The number of aliphatic hydroxyl groups is 4. The molecule has 0 aromatic carbocycles. The van der Waals surface area contributed by atoms with Crippen LogP contribution in [-0.2, 0) is 4.74 Å². The Kier molecular flexibility index (Phi) is 13.3. The minimum atomic E-state index is -0.426. The highest BCUT2D eigenvalue weighted by atomic mass is 16.5. The van der Waals surface area contributed by atoms with E-state index in [4.69, 9.17) is 14.9 Å². The van der Waals surface area contributed by atoms with E-state index in [0.29, 0.717) is 26.1 Å². The molecule has 0 aromatic heterocycles. The number of unbranched alkanes of at least 4 members (excludes halogenated alkanes) is 2. The third-order valence-corrected chi connectivity index (χ3v) is 3.97. The summed E-state index contributed by atoms with van der Waals surface area (Å²) in [5.41, 5.74) is 0. The summed E-state index contributed by atoms with van der Waals surface area (Å²) in [4.78, 5) is 0. The Bertz CT molecular complexity index is 203. The van der Waals surface area contributed by atoms with Crippen LogP contribution < -0.4 is 0 Å². The molecule has 128 valence electrons. The van der Waals surface area contributed by atoms with Crippen molar-refractivity contribution in [1.29, 1.82) is 0 Å². The molecule has 4 unspecified atom stereocenters. The van der Waals surface area contributed by atoms with Crippen molar-refractivity contribution < 1.29 is 25.2 Å². The molecule has 0 fully saturated rings. The van der Waals surface area contributed by atoms with Crippen LogP contribution in [0.25, 0.3) is 0 Å². The Morgan fingerprint density at radius 3 is 1.43 bits per heavy atom. The Hall–Kier alpha value is -0.200. The lowest BCUT2D eigenvalue weighted by molar-refractivity contribution is 0.0610. The van der Waals surface area contributed by atoms with E-state index in [9.17, 15) is 10.2 Å². The first-order valence-corrected chi connectivity index (χ1v) is 8.18. The van der Waals surface area contributed by atoms with Crippen molar-refractivity contribution in [3.05, 3.63) is 0 Å². The average molecular weight is 306 g/mol. The van der Waals surface area contributed by atoms with Crippen LogP contribution in [0.5, 0.6) is 0 Å². The van der Waals surface area contributed by atoms with E-state index in [1.807, 2.05) is 13.8 Å². The SMILES string of the molecule is CC(CO)C(O)CCCCOCCCCC(O)C(C)CO. The second kappa shape index (κ2) is 13.5. The number of rotatable bonds is 14. The van der Waals surface area contributed by atoms with E-state index in [-0.39, 0.29) is 25.0 Å². The van der Waals surface area contributed by atoms with Gasteiger partial charge in [0.25, 0.3) is 0 Å². The lowest BCUT2D eigenvalue weighted by Gasteiger charge is -2.16. The van der Waals surface area contributed by atoms with Crippen molar-refractivity contribution in [2.75, 3.05) is 26.4 Å². The first kappa shape index (κ1) is 20.8. The van der Waals surface area contributed by atoms with Crippen LogP contribution in [-0.4, -0.2) is 59.1 Å². The summed E-state index contributed by atoms with van der Waals surface area (Å²) < 4.78 is 5.51. The highest BCUT2D eigenvalue weighted by Gasteiger charge is 2.13. The fraction of sp³-hybridized carbons (Fsp3) is 1.00. The Morgan fingerprint density at radius 2 is 1.10 bits per heavy atom. The molecular weight excluding hydrogens is 272 g/mol. The molecule has 0 aliphatic heterocycles. The lowest BCUT2D eigenvalue weighted by atomic mass is 10.0. The molecule has 0 heterocycles. The Balaban J connectivity index is 3.30. The maximum absolute atomic E-state index is 9.67. The monoisotopic (exact) mass is 306 g/mol. The van der Waals surface area contributed by atoms with Crippen LogP contribution in [0.3, 0.4) is 0 Å². The number of hydrogen-bond acceptors (Lipinski definition) is 5. The van der Waals surface area contributed by atoms with E-state index in [2.05, 4.69) is 0 Å². The zero-order valence-corrected chi connectivity index (χ0v) is 13.6. The number of ether oxygens (including phenoxy) is 1. The van der Waals surface area contributed by atoms with Gasteiger partial charge in [-0.15, -0.1) is 0 Å². The van der Waals surface area contributed by atoms with Crippen LogP contribution in [0.2, 0.25) is 0 Å². The molecular formula is C16H34O5. The van der Waals surface area contributed by atoms with Gasteiger partial charge >= 0.3 is 0 Å². The molecule has 4 N–H and O–H groups in total. The first-order valence-electron chi connectivity index (χ1n) is 8.18. The summed E-state index contributed by atoms with van der Waals surface area (Å²) in [6.45, 7) is 5.11. The Labute approximate surface area is 129 Å². The summed E-state index contributed by atoms with van der Waals surface area (Å²) in [6.07, 6.45) is 4.19. The number of hydrogen-bond donors (Lipinski definition) is 4. The minimum Gasteiger partial charge on any atom is -0.396 e. The smallest absolute Gasteiger partial charge is 0.0587 e. The normalized spacial score (nSPS) is 17.4. The predicted octanol–water partition coefficient (Wildman–Crippen LogP) is 1.32. The molecule has 21 heavy (non-hydrogen) atoms. The fourth-order valence-electron chi connectivity index (χ4n) is 2.03. The van der Waals surface area contributed by atoms with Gasteiger partial charge in [0.05, 0.1) is 12.2 Å². The predicted molar refractivity (Wildman–Crippen MR) is 83.0 cm³/mol. The highest BCUT2D eigenvalue weighted by Crippen LogP contribution is 2.11. The summed E-state index contributed by atoms with van der Waals surface area (Å²) >= 11 is 0. The summed E-state index contributed by atoms with van der Waals surface area (Å²) in [7, 11) is 0. The summed E-state index contributed by atoms with van der Waals surface area (Å²) in [5.74, 6) is -0.114. The topological polar surface area (TPSA) is 90.2 Å². The number of aliphatic hydroxyl groups excluding tert-OH is 4. The van der Waals surface area contributed by atoms with Gasteiger partial charge in [-0.3, -0.25) is 0 Å². The zero-order valence-electron chi connectivity index (χ0n) is 13.6. The standard InChI is InChI=1S/C16H34O5/c1-13(11-17)15(19)7-3-5-9-21-10-6-4-8-16(20)14(2)12-18/h13-20H,3-12H2,1-2H3. The molecule has 0 saturated heterocycles. The molecule has 4 atom stereocenters. The Morgan fingerprint density at radius 1 is 0.714 bits per heavy atom. The van der Waals surface area contributed by atoms with Crippen molar-refractivity contribution >= 4 is 0 Å². The van der Waals surface area contributed by atoms with E-state index < -0.39 is 12.2 Å². The maximum Gasteiger partial charge on any atom is 0.0587 e. The molecule has 5 heteroatoms. The van der Waals surface area contributed by atoms with Crippen LogP contribution in [0.4, 0.5) is 0 Å². The van der Waals surface area contributed by atoms with Gasteiger partial charge < -0.3 is 25.2 Å². The molecule has 0 rings (SSSR count). The average Bonchev–Trinajstić information content (AvgIpc) is 2.50. The third kappa shape index (κ3) is 11.1. The molecule has 0 aromatic rings. The maximum atomic E-state index is 9.67. The van der Waals surface area contributed by atoms with Gasteiger partial charge in [0.1, 0.15) is 0 Å². The van der Waals surface area contributed by atoms with E-state index in [1.165, 1.54) is 0 Å². The molecule has 5 nitrogen and oxygen atoms in total. The van der Waals surface area contributed by atoms with Crippen LogP contribution in [0.1, 0.15) is 52.4 Å². The van der Waals surface area contributed by atoms with Gasteiger partial charge in [0.15, 0.2) is 0 Å². The molecule has 0 spiro atoms. The fourth-order valence-corrected chi connectivity index (χ4v) is 2.03. The molecule has 0 amide bonds. The van der Waals surface area contributed by atoms with Crippen LogP contribution in [0, 0.1) is 11.8 Å². The zero-order chi connectivity index (χ0) is 16.1. The van der Waals surface area contributed by atoms with Crippen molar-refractivity contribution in [1.82, 2.24) is 0 Å². The second-order valence-electron chi connectivity index (χ2n) is 6.06. The largest absolute Gasteiger partial charge is 0.396 e. The molecule has 0 radical (unpaired) electrons. The van der Waals surface area contributed by atoms with E-state index in [1.54, 1.807) is 0 Å². The molecule has 0 bridgehead atoms. The third-order valence-electron chi connectivity index (χ3n) is 3.97. The molecule has 0 aliphatic carbocycles.